The van der Waals surface area contributed by atoms with E-state index in [0.29, 0.717) is 16.3 Å². The van der Waals surface area contributed by atoms with Crippen molar-refractivity contribution in [1.82, 2.24) is 10.6 Å². The highest BCUT2D eigenvalue weighted by atomic mass is 32.1. The second-order valence-corrected chi connectivity index (χ2v) is 7.56. The molecule has 140 valence electrons. The maximum absolute atomic E-state index is 12.8. The topological polar surface area (TPSA) is 109 Å². The largest absolute Gasteiger partial charge is 0.455 e. The van der Waals surface area contributed by atoms with E-state index in [1.807, 2.05) is 30.3 Å². The molecule has 1 aromatic carbocycles. The van der Waals surface area contributed by atoms with Crippen molar-refractivity contribution in [2.24, 2.45) is 5.73 Å². The average Bonchev–Trinajstić information content (AvgIpc) is 3.26. The minimum Gasteiger partial charge on any atom is -0.455 e. The maximum atomic E-state index is 12.8. The molecular weight excluding hydrogens is 364 g/mol. The molecular formula is C19H20N4O3S. The Kier molecular flexibility index (Phi) is 4.83. The Morgan fingerprint density at radius 1 is 1.26 bits per heavy atom. The van der Waals surface area contributed by atoms with Crippen LogP contribution in [0.2, 0.25) is 0 Å². The standard InChI is InChI=1S/C19H20N4O3S/c20-19(25)23-13-9-16(15-8-11-4-1-2-6-14(11)26-15)27-17(13)18(24)22-12-5-3-7-21-10-12/h1-2,4,6,8-9,12,21H,3,5,7,10H2,(H,22,24)(H3,20,23,25)/t12-/m1/s1. The second kappa shape index (κ2) is 7.42. The molecule has 8 heteroatoms. The van der Waals surface area contributed by atoms with Crippen molar-refractivity contribution in [3.05, 3.63) is 41.3 Å². The van der Waals surface area contributed by atoms with Crippen LogP contribution < -0.4 is 21.7 Å². The number of para-hydroxylation sites is 1. The van der Waals surface area contributed by atoms with Crippen molar-refractivity contribution < 1.29 is 14.0 Å². The first-order valence-electron chi connectivity index (χ1n) is 8.81. The van der Waals surface area contributed by atoms with Crippen LogP contribution >= 0.6 is 11.3 Å². The van der Waals surface area contributed by atoms with E-state index in [-0.39, 0.29) is 11.9 Å². The number of thiophene rings is 1. The van der Waals surface area contributed by atoms with Gasteiger partial charge in [-0.1, -0.05) is 18.2 Å². The Hall–Kier alpha value is -2.84. The second-order valence-electron chi connectivity index (χ2n) is 6.51. The number of nitrogens with two attached hydrogens (primary N) is 1. The third kappa shape index (κ3) is 3.81. The number of rotatable bonds is 4. The SMILES string of the molecule is NC(=O)Nc1cc(-c2cc3ccccc3o2)sc1C(=O)N[C@@H]1CCCNC1. The van der Waals surface area contributed by atoms with E-state index in [1.165, 1.54) is 11.3 Å². The van der Waals surface area contributed by atoms with Gasteiger partial charge in [-0.25, -0.2) is 4.79 Å². The van der Waals surface area contributed by atoms with Gasteiger partial charge >= 0.3 is 6.03 Å². The monoisotopic (exact) mass is 384 g/mol. The van der Waals surface area contributed by atoms with Gasteiger partial charge in [0, 0.05) is 18.0 Å². The van der Waals surface area contributed by atoms with Gasteiger partial charge in [-0.05, 0) is 37.6 Å². The highest BCUT2D eigenvalue weighted by Crippen LogP contribution is 2.37. The van der Waals surface area contributed by atoms with Crippen LogP contribution in [0.15, 0.2) is 40.8 Å². The summed E-state index contributed by atoms with van der Waals surface area (Å²) in [6.45, 7) is 1.71. The fourth-order valence-electron chi connectivity index (χ4n) is 3.24. The predicted octanol–water partition coefficient (Wildman–Crippen LogP) is 3.13. The summed E-state index contributed by atoms with van der Waals surface area (Å²) in [6.07, 6.45) is 1.95. The van der Waals surface area contributed by atoms with E-state index in [0.717, 1.165) is 41.8 Å². The maximum Gasteiger partial charge on any atom is 0.316 e. The molecule has 0 spiro atoms. The number of primary amides is 1. The number of hydrogen-bond donors (Lipinski definition) is 4. The molecule has 5 N–H and O–H groups in total. The van der Waals surface area contributed by atoms with E-state index in [2.05, 4.69) is 16.0 Å². The van der Waals surface area contributed by atoms with E-state index in [1.54, 1.807) is 6.07 Å². The van der Waals surface area contributed by atoms with Crippen LogP contribution in [-0.4, -0.2) is 31.1 Å². The van der Waals surface area contributed by atoms with Gasteiger partial charge in [0.2, 0.25) is 0 Å². The molecule has 0 saturated carbocycles. The first kappa shape index (κ1) is 17.6. The number of nitrogens with one attached hydrogen (secondary N) is 3. The first-order valence-corrected chi connectivity index (χ1v) is 9.62. The number of piperidine rings is 1. The number of carbonyl (C=O) groups is 2. The number of urea groups is 1. The van der Waals surface area contributed by atoms with E-state index in [9.17, 15) is 9.59 Å². The Morgan fingerprint density at radius 2 is 2.11 bits per heavy atom. The molecule has 27 heavy (non-hydrogen) atoms. The van der Waals surface area contributed by atoms with Crippen molar-refractivity contribution >= 4 is 39.9 Å². The van der Waals surface area contributed by atoms with E-state index < -0.39 is 6.03 Å². The zero-order valence-corrected chi connectivity index (χ0v) is 15.4. The quantitative estimate of drug-likeness (QED) is 0.554. The van der Waals surface area contributed by atoms with Crippen molar-refractivity contribution in [3.63, 3.8) is 0 Å². The number of hydrogen-bond acceptors (Lipinski definition) is 5. The molecule has 3 heterocycles. The van der Waals surface area contributed by atoms with Crippen molar-refractivity contribution in [3.8, 4) is 10.6 Å². The van der Waals surface area contributed by atoms with Crippen LogP contribution in [0.5, 0.6) is 0 Å². The minimum atomic E-state index is -0.711. The van der Waals surface area contributed by atoms with Crippen LogP contribution in [0, 0.1) is 0 Å². The summed E-state index contributed by atoms with van der Waals surface area (Å²) in [6, 6.07) is 10.7. The molecule has 0 bridgehead atoms. The summed E-state index contributed by atoms with van der Waals surface area (Å²) >= 11 is 1.27. The lowest BCUT2D eigenvalue weighted by Crippen LogP contribution is -2.45. The van der Waals surface area contributed by atoms with Gasteiger partial charge in [0.05, 0.1) is 10.6 Å². The molecule has 1 fully saturated rings. The van der Waals surface area contributed by atoms with Gasteiger partial charge in [0.15, 0.2) is 0 Å². The molecule has 0 radical (unpaired) electrons. The van der Waals surface area contributed by atoms with Crippen LogP contribution in [-0.2, 0) is 0 Å². The molecule has 1 atom stereocenters. The van der Waals surface area contributed by atoms with Crippen LogP contribution in [0.4, 0.5) is 10.5 Å². The molecule has 1 saturated heterocycles. The number of furan rings is 1. The lowest BCUT2D eigenvalue weighted by atomic mass is 10.1. The van der Waals surface area contributed by atoms with Crippen molar-refractivity contribution in [1.29, 1.82) is 0 Å². The highest BCUT2D eigenvalue weighted by Gasteiger charge is 2.23. The Labute approximate surface area is 159 Å². The zero-order valence-electron chi connectivity index (χ0n) is 14.6. The first-order chi connectivity index (χ1) is 13.1. The summed E-state index contributed by atoms with van der Waals surface area (Å²) in [4.78, 5) is 25.3. The van der Waals surface area contributed by atoms with Crippen molar-refractivity contribution in [2.75, 3.05) is 18.4 Å². The summed E-state index contributed by atoms with van der Waals surface area (Å²) in [5.41, 5.74) is 6.44. The Morgan fingerprint density at radius 3 is 2.85 bits per heavy atom. The Bertz CT molecular complexity index is 955. The van der Waals surface area contributed by atoms with Crippen LogP contribution in [0.3, 0.4) is 0 Å². The lowest BCUT2D eigenvalue weighted by Gasteiger charge is -2.23. The third-order valence-electron chi connectivity index (χ3n) is 4.50. The average molecular weight is 384 g/mol. The Balaban J connectivity index is 1.65. The smallest absolute Gasteiger partial charge is 0.316 e. The van der Waals surface area contributed by atoms with Gasteiger partial charge in [0.25, 0.3) is 5.91 Å². The summed E-state index contributed by atoms with van der Waals surface area (Å²) in [5, 5.41) is 9.82. The molecule has 1 aliphatic heterocycles. The summed E-state index contributed by atoms with van der Waals surface area (Å²) in [5.74, 6) is 0.423. The number of anilines is 1. The molecule has 0 aliphatic carbocycles. The fourth-order valence-corrected chi connectivity index (χ4v) is 4.21. The predicted molar refractivity (Wildman–Crippen MR) is 106 cm³/mol. The molecule has 3 amide bonds. The molecule has 4 rings (SSSR count). The van der Waals surface area contributed by atoms with Crippen molar-refractivity contribution in [2.45, 2.75) is 18.9 Å². The van der Waals surface area contributed by atoms with E-state index >= 15 is 0 Å². The van der Waals surface area contributed by atoms with Crippen LogP contribution in [0.1, 0.15) is 22.5 Å². The number of amides is 3. The van der Waals surface area contributed by atoms with Crippen LogP contribution in [0.25, 0.3) is 21.6 Å². The summed E-state index contributed by atoms with van der Waals surface area (Å²) in [7, 11) is 0. The molecule has 2 aromatic heterocycles. The third-order valence-corrected chi connectivity index (χ3v) is 5.65. The minimum absolute atomic E-state index is 0.0735. The van der Waals surface area contributed by atoms with E-state index in [4.69, 9.17) is 10.2 Å². The number of carbonyl (C=O) groups excluding carboxylic acids is 2. The van der Waals surface area contributed by atoms with Gasteiger partial charge in [-0.15, -0.1) is 11.3 Å². The lowest BCUT2D eigenvalue weighted by molar-refractivity contribution is 0.0935. The summed E-state index contributed by atoms with van der Waals surface area (Å²) < 4.78 is 5.88. The number of benzene rings is 1. The molecule has 0 unspecified atom stereocenters. The number of fused-ring (bicyclic) bond motifs is 1. The molecule has 7 nitrogen and oxygen atoms in total. The molecule has 1 aliphatic rings. The molecule has 3 aromatic rings. The normalized spacial score (nSPS) is 17.0. The highest BCUT2D eigenvalue weighted by molar-refractivity contribution is 7.18. The van der Waals surface area contributed by atoms with Gasteiger partial charge in [-0.2, -0.15) is 0 Å². The van der Waals surface area contributed by atoms with Gasteiger partial charge in [0.1, 0.15) is 16.2 Å². The van der Waals surface area contributed by atoms with Gasteiger partial charge < -0.3 is 26.1 Å². The zero-order chi connectivity index (χ0) is 18.8. The fraction of sp³-hybridized carbons (Fsp3) is 0.263. The van der Waals surface area contributed by atoms with Gasteiger partial charge in [-0.3, -0.25) is 4.79 Å².